The highest BCUT2D eigenvalue weighted by Crippen LogP contribution is 2.39. The Bertz CT molecular complexity index is 1130. The molecule has 2 aromatic carbocycles. The monoisotopic (exact) mass is 466 g/mol. The minimum atomic E-state index is -0.630. The molecule has 0 radical (unpaired) electrons. The van der Waals surface area contributed by atoms with E-state index in [0.717, 1.165) is 23.3 Å². The fraction of sp³-hybridized carbons (Fsp3) is 0.280. The van der Waals surface area contributed by atoms with Crippen LogP contribution in [0.4, 0.5) is 0 Å². The molecule has 7 nitrogen and oxygen atoms in total. The molecule has 0 bridgehead atoms. The summed E-state index contributed by atoms with van der Waals surface area (Å²) in [6.07, 6.45) is 3.34. The van der Waals surface area contributed by atoms with Gasteiger partial charge in [-0.25, -0.2) is 0 Å². The summed E-state index contributed by atoms with van der Waals surface area (Å²) >= 11 is 1.60. The van der Waals surface area contributed by atoms with Crippen molar-refractivity contribution >= 4 is 23.2 Å². The summed E-state index contributed by atoms with van der Waals surface area (Å²) in [6.45, 7) is -0.336. The second-order valence-corrected chi connectivity index (χ2v) is 8.75. The molecule has 0 saturated heterocycles. The number of primary amides is 1. The molecule has 33 heavy (non-hydrogen) atoms. The zero-order chi connectivity index (χ0) is 23.4. The van der Waals surface area contributed by atoms with E-state index < -0.39 is 5.91 Å². The molecule has 3 N–H and O–H groups in total. The summed E-state index contributed by atoms with van der Waals surface area (Å²) in [7, 11) is 2.90. The number of benzene rings is 2. The first kappa shape index (κ1) is 22.7. The molecule has 1 unspecified atom stereocenters. The summed E-state index contributed by atoms with van der Waals surface area (Å²) in [6, 6.07) is 13.3. The van der Waals surface area contributed by atoms with Crippen molar-refractivity contribution in [2.24, 2.45) is 5.73 Å². The molecule has 0 spiro atoms. The number of carbonyl (C=O) groups excluding carboxylic acids is 2. The van der Waals surface area contributed by atoms with Crippen LogP contribution in [0.3, 0.4) is 0 Å². The quantitative estimate of drug-likeness (QED) is 0.502. The standard InChI is InChI=1S/C25H26N2O5S/c1-30-19-12-18(13-20(31-2)24(19)32-14-22(26)28)25(29)27-23(21-7-4-10-33-21)17-9-8-15-5-3-6-16(15)11-17/h4,7-13,23H,3,5-6,14H2,1-2H3,(H2,26,28)(H,27,29). The second-order valence-electron chi connectivity index (χ2n) is 7.77. The molecule has 1 aliphatic carbocycles. The third kappa shape index (κ3) is 4.96. The van der Waals surface area contributed by atoms with Gasteiger partial charge in [0.1, 0.15) is 0 Å². The molecular formula is C25H26N2O5S. The van der Waals surface area contributed by atoms with E-state index in [1.165, 1.54) is 31.8 Å². The number of fused-ring (bicyclic) bond motifs is 1. The van der Waals surface area contributed by atoms with Crippen LogP contribution in [-0.4, -0.2) is 32.6 Å². The van der Waals surface area contributed by atoms with Crippen molar-refractivity contribution in [3.63, 3.8) is 0 Å². The van der Waals surface area contributed by atoms with Gasteiger partial charge in [0.05, 0.1) is 20.3 Å². The van der Waals surface area contributed by atoms with Crippen LogP contribution in [0.25, 0.3) is 0 Å². The SMILES string of the molecule is COc1cc(C(=O)NC(c2ccc3c(c2)CCC3)c2cccs2)cc(OC)c1OCC(N)=O. The predicted octanol–water partition coefficient (Wildman–Crippen LogP) is 3.64. The first-order chi connectivity index (χ1) is 16.0. The molecule has 0 fully saturated rings. The van der Waals surface area contributed by atoms with Gasteiger partial charge < -0.3 is 25.3 Å². The van der Waals surface area contributed by atoms with Gasteiger partial charge in [-0.05, 0) is 59.5 Å². The number of thiophene rings is 1. The topological polar surface area (TPSA) is 99.9 Å². The smallest absolute Gasteiger partial charge is 0.255 e. The Morgan fingerprint density at radius 1 is 1.06 bits per heavy atom. The number of aryl methyl sites for hydroxylation is 2. The lowest BCUT2D eigenvalue weighted by Crippen LogP contribution is -2.29. The molecule has 1 atom stereocenters. The Morgan fingerprint density at radius 2 is 1.79 bits per heavy atom. The van der Waals surface area contributed by atoms with Gasteiger partial charge in [0.15, 0.2) is 18.1 Å². The summed E-state index contributed by atoms with van der Waals surface area (Å²) < 4.78 is 16.2. The van der Waals surface area contributed by atoms with E-state index >= 15 is 0 Å². The molecule has 2 amide bonds. The van der Waals surface area contributed by atoms with Crippen molar-refractivity contribution in [2.75, 3.05) is 20.8 Å². The van der Waals surface area contributed by atoms with Crippen molar-refractivity contribution in [3.8, 4) is 17.2 Å². The first-order valence-corrected chi connectivity index (χ1v) is 11.5. The third-order valence-electron chi connectivity index (χ3n) is 5.64. The molecule has 3 aromatic rings. The Kier molecular flexibility index (Phi) is 6.84. The number of methoxy groups -OCH3 is 2. The molecular weight excluding hydrogens is 440 g/mol. The number of hydrogen-bond donors (Lipinski definition) is 2. The molecule has 0 aliphatic heterocycles. The summed E-state index contributed by atoms with van der Waals surface area (Å²) in [5, 5.41) is 5.16. The van der Waals surface area contributed by atoms with E-state index in [0.29, 0.717) is 5.56 Å². The van der Waals surface area contributed by atoms with Crippen molar-refractivity contribution in [1.29, 1.82) is 0 Å². The van der Waals surface area contributed by atoms with Crippen LogP contribution < -0.4 is 25.3 Å². The van der Waals surface area contributed by atoms with Gasteiger partial charge in [-0.15, -0.1) is 11.3 Å². The molecule has 1 heterocycles. The van der Waals surface area contributed by atoms with Crippen molar-refractivity contribution < 1.29 is 23.8 Å². The number of rotatable bonds is 9. The average Bonchev–Trinajstić information content (AvgIpc) is 3.52. The normalized spacial score (nSPS) is 13.2. The fourth-order valence-corrected chi connectivity index (χ4v) is 4.86. The van der Waals surface area contributed by atoms with E-state index in [4.69, 9.17) is 19.9 Å². The number of nitrogens with two attached hydrogens (primary N) is 1. The minimum absolute atomic E-state index is 0.212. The van der Waals surface area contributed by atoms with Crippen LogP contribution in [-0.2, 0) is 17.6 Å². The molecule has 1 aliphatic rings. The van der Waals surface area contributed by atoms with Gasteiger partial charge in [0, 0.05) is 10.4 Å². The Labute approximate surface area is 196 Å². The summed E-state index contributed by atoms with van der Waals surface area (Å²) in [4.78, 5) is 25.5. The lowest BCUT2D eigenvalue weighted by molar-refractivity contribution is -0.120. The minimum Gasteiger partial charge on any atom is -0.493 e. The third-order valence-corrected chi connectivity index (χ3v) is 6.58. The van der Waals surface area contributed by atoms with Gasteiger partial charge in [-0.3, -0.25) is 9.59 Å². The largest absolute Gasteiger partial charge is 0.493 e. The highest BCUT2D eigenvalue weighted by molar-refractivity contribution is 7.10. The number of carbonyl (C=O) groups is 2. The van der Waals surface area contributed by atoms with Gasteiger partial charge >= 0.3 is 0 Å². The van der Waals surface area contributed by atoms with Gasteiger partial charge in [-0.2, -0.15) is 0 Å². The average molecular weight is 467 g/mol. The second kappa shape index (κ2) is 9.95. The predicted molar refractivity (Wildman–Crippen MR) is 126 cm³/mol. The Morgan fingerprint density at radius 3 is 2.42 bits per heavy atom. The maximum Gasteiger partial charge on any atom is 0.255 e. The van der Waals surface area contributed by atoms with Gasteiger partial charge in [0.25, 0.3) is 11.8 Å². The van der Waals surface area contributed by atoms with E-state index in [2.05, 4.69) is 23.5 Å². The van der Waals surface area contributed by atoms with Crippen LogP contribution in [0.5, 0.6) is 17.2 Å². The van der Waals surface area contributed by atoms with Crippen molar-refractivity contribution in [2.45, 2.75) is 25.3 Å². The number of amides is 2. The molecule has 4 rings (SSSR count). The molecule has 8 heteroatoms. The highest BCUT2D eigenvalue weighted by Gasteiger charge is 2.23. The first-order valence-electron chi connectivity index (χ1n) is 10.6. The van der Waals surface area contributed by atoms with Crippen molar-refractivity contribution in [3.05, 3.63) is 75.0 Å². The van der Waals surface area contributed by atoms with Crippen LogP contribution in [0.2, 0.25) is 0 Å². The number of ether oxygens (including phenoxy) is 3. The Balaban J connectivity index is 1.65. The Hall–Kier alpha value is -3.52. The zero-order valence-corrected chi connectivity index (χ0v) is 19.4. The van der Waals surface area contributed by atoms with E-state index in [-0.39, 0.29) is 35.8 Å². The van der Waals surface area contributed by atoms with Crippen LogP contribution >= 0.6 is 11.3 Å². The molecule has 0 saturated carbocycles. The number of nitrogens with one attached hydrogen (secondary N) is 1. The number of hydrogen-bond acceptors (Lipinski definition) is 6. The van der Waals surface area contributed by atoms with Gasteiger partial charge in [0.2, 0.25) is 5.75 Å². The van der Waals surface area contributed by atoms with E-state index in [1.807, 2.05) is 17.5 Å². The van der Waals surface area contributed by atoms with Crippen molar-refractivity contribution in [1.82, 2.24) is 5.32 Å². The van der Waals surface area contributed by atoms with Crippen LogP contribution in [0, 0.1) is 0 Å². The highest BCUT2D eigenvalue weighted by atomic mass is 32.1. The maximum absolute atomic E-state index is 13.3. The lowest BCUT2D eigenvalue weighted by atomic mass is 9.99. The van der Waals surface area contributed by atoms with E-state index in [9.17, 15) is 9.59 Å². The summed E-state index contributed by atoms with van der Waals surface area (Å²) in [5.41, 5.74) is 9.31. The fourth-order valence-electron chi connectivity index (χ4n) is 4.06. The van der Waals surface area contributed by atoms with Gasteiger partial charge in [-0.1, -0.05) is 24.3 Å². The maximum atomic E-state index is 13.3. The zero-order valence-electron chi connectivity index (χ0n) is 18.6. The lowest BCUT2D eigenvalue weighted by Gasteiger charge is -2.20. The van der Waals surface area contributed by atoms with Crippen LogP contribution in [0.1, 0.15) is 44.4 Å². The molecule has 172 valence electrons. The van der Waals surface area contributed by atoms with Crippen LogP contribution in [0.15, 0.2) is 47.8 Å². The van der Waals surface area contributed by atoms with E-state index in [1.54, 1.807) is 23.5 Å². The molecule has 1 aromatic heterocycles. The summed E-state index contributed by atoms with van der Waals surface area (Å²) in [5.74, 6) is -0.165.